The fourth-order valence-corrected chi connectivity index (χ4v) is 1.34. The van der Waals surface area contributed by atoms with Crippen molar-refractivity contribution in [2.24, 2.45) is 0 Å². The Morgan fingerprint density at radius 1 is 0.913 bits per heavy atom. The van der Waals surface area contributed by atoms with Gasteiger partial charge in [-0.1, -0.05) is 0 Å². The monoisotopic (exact) mass is 410 g/mol. The molecule has 0 aromatic heterocycles. The molecule has 0 aliphatic carbocycles. The Morgan fingerprint density at radius 2 is 1.22 bits per heavy atom. The van der Waals surface area contributed by atoms with E-state index in [0.717, 1.165) is 0 Å². The summed E-state index contributed by atoms with van der Waals surface area (Å²) in [5.74, 6) is -5.13. The third-order valence-electron chi connectivity index (χ3n) is 1.36. The first-order valence-electron chi connectivity index (χ1n) is 10.2. The molecule has 2 amide bonds. The Labute approximate surface area is 180 Å². The predicted molar refractivity (Wildman–Crippen MR) is 81.5 cm³/mol. The van der Waals surface area contributed by atoms with Crippen LogP contribution in [0.1, 0.15) is 40.3 Å². The van der Waals surface area contributed by atoms with E-state index in [2.05, 4.69) is 0 Å². The number of carbonyl (C=O) groups excluding carboxylic acids is 2. The maximum absolute atomic E-state index is 10.9. The second-order valence-corrected chi connectivity index (χ2v) is 6.33. The topological polar surface area (TPSA) is 173 Å². The van der Waals surface area contributed by atoms with Gasteiger partial charge in [-0.2, -0.15) is 0 Å². The van der Waals surface area contributed by atoms with E-state index in [1.165, 1.54) is 10.6 Å². The van der Waals surface area contributed by atoms with Crippen molar-refractivity contribution in [3.05, 3.63) is 0 Å². The van der Waals surface area contributed by atoms with E-state index in [1.807, 2.05) is 0 Å². The molecule has 0 aromatic rings. The Hall–Kier alpha value is 0.0197. The van der Waals surface area contributed by atoms with Crippen LogP contribution in [0.5, 0.6) is 0 Å². The second kappa shape index (κ2) is 14.4. The van der Waals surface area contributed by atoms with E-state index < -0.39 is 83.1 Å². The molecule has 10 nitrogen and oxygen atoms in total. The summed E-state index contributed by atoms with van der Waals surface area (Å²) in [5, 5.41) is 2.99. The average molecular weight is 411 g/mol. The first-order valence-corrected chi connectivity index (χ1v) is 8.35. The van der Waals surface area contributed by atoms with Crippen LogP contribution in [0.15, 0.2) is 0 Å². The molecule has 2 N–H and O–H groups in total. The van der Waals surface area contributed by atoms with Crippen molar-refractivity contribution in [3.8, 4) is 0 Å². The molecule has 0 aliphatic rings. The standard InChI is InChI=1S/2C5H11NO4S.Ca/c2*1-5(7)6-3-2-4-11(8,9)10;/h2*2-4H2,1H3,(H,6,7)(H,8,9,10);/q;;+2/p-2/i2*1D3,3D2;. The van der Waals surface area contributed by atoms with Crippen LogP contribution in [0, 0.1) is 0 Å². The molecule has 0 radical (unpaired) electrons. The molecule has 0 aromatic carbocycles. The quantitative estimate of drug-likeness (QED) is 0.333. The Morgan fingerprint density at radius 3 is 1.43 bits per heavy atom. The van der Waals surface area contributed by atoms with Crippen molar-refractivity contribution < 1.29 is 49.2 Å². The Kier molecular flexibility index (Phi) is 7.74. The van der Waals surface area contributed by atoms with Crippen molar-refractivity contribution >= 4 is 69.8 Å². The van der Waals surface area contributed by atoms with Gasteiger partial charge in [-0.25, -0.2) is 16.8 Å². The smallest absolute Gasteiger partial charge is 0.748 e. The molecular weight excluding hydrogens is 380 g/mol. The van der Waals surface area contributed by atoms with Gasteiger partial charge >= 0.3 is 37.7 Å². The van der Waals surface area contributed by atoms with E-state index in [4.69, 9.17) is 13.7 Å². The molecule has 132 valence electrons. The molecule has 0 fully saturated rings. The van der Waals surface area contributed by atoms with Gasteiger partial charge in [0, 0.05) is 51.9 Å². The molecule has 13 heteroatoms. The maximum atomic E-state index is 10.9. The number of rotatable bonds is 8. The van der Waals surface area contributed by atoms with Crippen LogP contribution in [0.3, 0.4) is 0 Å². The molecule has 0 unspecified atom stereocenters. The van der Waals surface area contributed by atoms with Gasteiger partial charge in [0.1, 0.15) is 0 Å². The zero-order valence-electron chi connectivity index (χ0n) is 21.6. The zero-order chi connectivity index (χ0) is 26.4. The largest absolute Gasteiger partial charge is 2.00 e. The van der Waals surface area contributed by atoms with Crippen LogP contribution in [0.2, 0.25) is 0 Å². The summed E-state index contributed by atoms with van der Waals surface area (Å²) in [6.07, 6.45) is -1.61. The third kappa shape index (κ3) is 34.4. The van der Waals surface area contributed by atoms with E-state index in [9.17, 15) is 35.5 Å². The first kappa shape index (κ1) is 12.4. The summed E-state index contributed by atoms with van der Waals surface area (Å²) in [7, 11) is -9.22. The normalized spacial score (nSPS) is 19.4. The number of nitrogens with one attached hydrogen (secondary N) is 2. The fourth-order valence-electron chi connectivity index (χ4n) is 0.638. The molecular formula is C10H20CaN2O8S2. The van der Waals surface area contributed by atoms with Gasteiger partial charge in [-0.15, -0.1) is 0 Å². The number of carbonyl (C=O) groups is 2. The molecule has 0 saturated carbocycles. The van der Waals surface area contributed by atoms with Gasteiger partial charge < -0.3 is 19.7 Å². The summed E-state index contributed by atoms with van der Waals surface area (Å²) in [5.41, 5.74) is 0. The summed E-state index contributed by atoms with van der Waals surface area (Å²) in [4.78, 5) is 21.7. The van der Waals surface area contributed by atoms with Crippen molar-refractivity contribution in [2.75, 3.05) is 24.5 Å². The van der Waals surface area contributed by atoms with Crippen molar-refractivity contribution in [1.29, 1.82) is 0 Å². The van der Waals surface area contributed by atoms with Gasteiger partial charge in [0.2, 0.25) is 11.8 Å². The SMILES string of the molecule is [2H]C([2H])(CCS(=O)(=O)[O-])NC(=O)C([2H])([2H])[2H].[2H]C([2H])(CCS(=O)(=O)[O-])NC(=O)C([2H])([2H])[2H].[Ca+2]. The number of hydrogen-bond donors (Lipinski definition) is 2. The minimum Gasteiger partial charge on any atom is -0.748 e. The van der Waals surface area contributed by atoms with E-state index in [0.29, 0.717) is 0 Å². The van der Waals surface area contributed by atoms with Crippen molar-refractivity contribution in [1.82, 2.24) is 10.6 Å². The van der Waals surface area contributed by atoms with Crippen molar-refractivity contribution in [3.63, 3.8) is 0 Å². The summed E-state index contributed by atoms with van der Waals surface area (Å²) in [6.45, 7) is -11.2. The molecule has 0 heterocycles. The van der Waals surface area contributed by atoms with Gasteiger partial charge in [0.25, 0.3) is 0 Å². The van der Waals surface area contributed by atoms with Gasteiger partial charge in [-0.05, 0) is 12.8 Å². The minimum absolute atomic E-state index is 0. The predicted octanol–water partition coefficient (Wildman–Crippen LogP) is -2.27. The van der Waals surface area contributed by atoms with E-state index in [1.54, 1.807) is 0 Å². The van der Waals surface area contributed by atoms with Crippen LogP contribution < -0.4 is 10.6 Å². The zero-order valence-corrected chi connectivity index (χ0v) is 15.5. The fraction of sp³-hybridized carbons (Fsp3) is 0.800. The molecule has 0 saturated heterocycles. The van der Waals surface area contributed by atoms with Crippen LogP contribution in [0.4, 0.5) is 0 Å². The molecule has 0 bridgehead atoms. The van der Waals surface area contributed by atoms with Crippen LogP contribution >= 0.6 is 0 Å². The molecule has 0 spiro atoms. The number of amides is 2. The Balaban J connectivity index is -0.000000529. The third-order valence-corrected chi connectivity index (χ3v) is 2.77. The molecule has 0 atom stereocenters. The second-order valence-electron chi connectivity index (χ2n) is 3.29. The molecule has 23 heavy (non-hydrogen) atoms. The van der Waals surface area contributed by atoms with Gasteiger partial charge in [0.05, 0.1) is 20.2 Å². The summed E-state index contributed by atoms with van der Waals surface area (Å²) < 4.78 is 130. The van der Waals surface area contributed by atoms with E-state index >= 15 is 0 Å². The molecule has 0 aliphatic heterocycles. The van der Waals surface area contributed by atoms with Crippen LogP contribution in [0.25, 0.3) is 0 Å². The summed E-state index contributed by atoms with van der Waals surface area (Å²) in [6, 6.07) is 0. The van der Waals surface area contributed by atoms with Crippen LogP contribution in [-0.2, 0) is 29.8 Å². The first-order chi connectivity index (χ1) is 13.7. The number of hydrogen-bond acceptors (Lipinski definition) is 8. The minimum atomic E-state index is -4.61. The molecule has 0 rings (SSSR count). The Bertz CT molecular complexity index is 801. The maximum Gasteiger partial charge on any atom is 2.00 e. The van der Waals surface area contributed by atoms with Gasteiger partial charge in [0.15, 0.2) is 0 Å². The summed E-state index contributed by atoms with van der Waals surface area (Å²) >= 11 is 0. The van der Waals surface area contributed by atoms with Crippen molar-refractivity contribution in [2.45, 2.75) is 26.5 Å². The van der Waals surface area contributed by atoms with Gasteiger partial charge in [-0.3, -0.25) is 9.59 Å². The van der Waals surface area contributed by atoms with E-state index in [-0.39, 0.29) is 37.7 Å². The van der Waals surface area contributed by atoms with Crippen LogP contribution in [-0.4, -0.2) is 100.0 Å². The average Bonchev–Trinajstić information content (AvgIpc) is 2.48.